The summed E-state index contributed by atoms with van der Waals surface area (Å²) in [6.07, 6.45) is 5.56. The van der Waals surface area contributed by atoms with Gasteiger partial charge in [-0.1, -0.05) is 34.1 Å². The summed E-state index contributed by atoms with van der Waals surface area (Å²) in [6.45, 7) is 11.1. The third-order valence-corrected chi connectivity index (χ3v) is 10.1. The van der Waals surface area contributed by atoms with Gasteiger partial charge in [0.1, 0.15) is 5.75 Å². The number of phenolic OH excluding ortho intramolecular Hbond substituents is 1. The van der Waals surface area contributed by atoms with Gasteiger partial charge in [0.05, 0.1) is 10.6 Å². The topological polar surface area (TPSA) is 54.4 Å². The van der Waals surface area contributed by atoms with Gasteiger partial charge in [0.25, 0.3) is 0 Å². The van der Waals surface area contributed by atoms with E-state index in [1.807, 2.05) is 6.92 Å². The van der Waals surface area contributed by atoms with E-state index in [-0.39, 0.29) is 33.7 Å². The maximum absolute atomic E-state index is 13.2. The van der Waals surface area contributed by atoms with Crippen LogP contribution in [-0.2, 0) is 15.3 Å². The van der Waals surface area contributed by atoms with E-state index in [0.29, 0.717) is 16.4 Å². The maximum Gasteiger partial charge on any atom is 0.179 e. The summed E-state index contributed by atoms with van der Waals surface area (Å²) in [5, 5.41) is 10.8. The lowest BCUT2D eigenvalue weighted by Crippen LogP contribution is -2.59. The first-order valence-electron chi connectivity index (χ1n) is 9.99. The van der Waals surface area contributed by atoms with E-state index in [4.69, 9.17) is 0 Å². The molecule has 1 aromatic carbocycles. The normalized spacial score (nSPS) is 40.2. The van der Waals surface area contributed by atoms with Crippen LogP contribution in [0.5, 0.6) is 5.75 Å². The molecule has 0 bridgehead atoms. The smallest absolute Gasteiger partial charge is 0.179 e. The Hall–Kier alpha value is -1.03. The molecule has 0 aromatic heterocycles. The highest BCUT2D eigenvalue weighted by Gasteiger charge is 2.62. The number of hydrogen-bond donors (Lipinski definition) is 1. The van der Waals surface area contributed by atoms with Crippen molar-refractivity contribution in [2.24, 2.45) is 22.7 Å². The van der Waals surface area contributed by atoms with Gasteiger partial charge in [0.15, 0.2) is 9.84 Å². The third kappa shape index (κ3) is 2.26. The van der Waals surface area contributed by atoms with Gasteiger partial charge >= 0.3 is 0 Å². The molecular weight excluding hydrogens is 344 g/mol. The number of fused-ring (bicyclic) bond motifs is 5. The zero-order chi connectivity index (χ0) is 19.1. The van der Waals surface area contributed by atoms with Crippen molar-refractivity contribution in [2.75, 3.05) is 5.75 Å². The summed E-state index contributed by atoms with van der Waals surface area (Å²) < 4.78 is 26.5. The summed E-state index contributed by atoms with van der Waals surface area (Å²) in [5.41, 5.74) is 1.51. The van der Waals surface area contributed by atoms with Crippen LogP contribution in [-0.4, -0.2) is 19.3 Å². The van der Waals surface area contributed by atoms with Gasteiger partial charge in [-0.3, -0.25) is 0 Å². The lowest BCUT2D eigenvalue weighted by molar-refractivity contribution is -0.0984. The van der Waals surface area contributed by atoms with Crippen molar-refractivity contribution in [3.63, 3.8) is 0 Å². The molecule has 2 aliphatic carbocycles. The minimum absolute atomic E-state index is 0.0108. The predicted octanol–water partition coefficient (Wildman–Crippen LogP) is 4.99. The molecule has 1 N–H and O–H groups in total. The van der Waals surface area contributed by atoms with E-state index >= 15 is 0 Å². The zero-order valence-corrected chi connectivity index (χ0v) is 17.5. The maximum atomic E-state index is 13.2. The first-order chi connectivity index (χ1) is 11.9. The quantitative estimate of drug-likeness (QED) is 0.694. The van der Waals surface area contributed by atoms with Gasteiger partial charge in [-0.25, -0.2) is 8.42 Å². The van der Waals surface area contributed by atoms with E-state index in [1.54, 1.807) is 12.1 Å². The summed E-state index contributed by atoms with van der Waals surface area (Å²) in [4.78, 5) is 0.380. The number of rotatable bonds is 0. The predicted molar refractivity (Wildman–Crippen MR) is 104 cm³/mol. The van der Waals surface area contributed by atoms with Crippen LogP contribution < -0.4 is 0 Å². The summed E-state index contributed by atoms with van der Waals surface area (Å²) in [5.74, 6) is 1.01. The van der Waals surface area contributed by atoms with Crippen LogP contribution in [0.3, 0.4) is 0 Å². The van der Waals surface area contributed by atoms with E-state index in [0.717, 1.165) is 24.8 Å². The number of sulfone groups is 1. The molecule has 2 fully saturated rings. The molecule has 3 aliphatic rings. The number of aryl methyl sites for hydroxylation is 1. The van der Waals surface area contributed by atoms with Gasteiger partial charge in [0, 0.05) is 11.0 Å². The third-order valence-electron chi connectivity index (χ3n) is 8.31. The summed E-state index contributed by atoms with van der Waals surface area (Å²) in [7, 11) is -3.38. The minimum Gasteiger partial charge on any atom is -0.508 e. The van der Waals surface area contributed by atoms with Crippen LogP contribution in [0.4, 0.5) is 0 Å². The Morgan fingerprint density at radius 3 is 2.42 bits per heavy atom. The van der Waals surface area contributed by atoms with Crippen molar-refractivity contribution in [1.82, 2.24) is 0 Å². The van der Waals surface area contributed by atoms with Crippen LogP contribution in [0.1, 0.15) is 70.9 Å². The van der Waals surface area contributed by atoms with Gasteiger partial charge < -0.3 is 5.11 Å². The zero-order valence-electron chi connectivity index (χ0n) is 16.7. The molecule has 0 saturated heterocycles. The fraction of sp³-hybridized carbons (Fsp3) is 0.727. The van der Waals surface area contributed by atoms with Crippen molar-refractivity contribution < 1.29 is 13.5 Å². The molecule has 1 aromatic rings. The van der Waals surface area contributed by atoms with E-state index in [1.165, 1.54) is 12.8 Å². The lowest BCUT2D eigenvalue weighted by Gasteiger charge is -2.63. The summed E-state index contributed by atoms with van der Waals surface area (Å²) >= 11 is 0. The SMILES string of the molecule is Cc1cc(O)c2c(c1)S(=O)(=O)CC1[C@@]2(C)CC[C@H]2C(C)(C)CCC[C@]12C. The Morgan fingerprint density at radius 1 is 1.04 bits per heavy atom. The summed E-state index contributed by atoms with van der Waals surface area (Å²) in [6, 6.07) is 3.51. The number of hydrogen-bond acceptors (Lipinski definition) is 3. The van der Waals surface area contributed by atoms with Gasteiger partial charge in [-0.2, -0.15) is 0 Å². The van der Waals surface area contributed by atoms with E-state index in [2.05, 4.69) is 27.7 Å². The number of aromatic hydroxyl groups is 1. The number of phenols is 1. The molecule has 144 valence electrons. The fourth-order valence-corrected chi connectivity index (χ4v) is 9.57. The second-order valence-corrected chi connectivity index (χ2v) is 12.4. The Labute approximate surface area is 158 Å². The monoisotopic (exact) mass is 376 g/mol. The standard InChI is InChI=1S/C22H32O3S/c1-14-11-15(23)19-16(12-14)26(24,25)13-18-21(4)9-6-8-20(2,3)17(21)7-10-22(18,19)5/h11-12,17-18,23H,6-10,13H2,1-5H3/t17-,18?,21-,22+/m0/s1. The molecule has 0 radical (unpaired) electrons. The van der Waals surface area contributed by atoms with Crippen molar-refractivity contribution in [3.8, 4) is 5.75 Å². The second-order valence-electron chi connectivity index (χ2n) is 10.3. The van der Waals surface area contributed by atoms with Crippen LogP contribution in [0.15, 0.2) is 17.0 Å². The van der Waals surface area contributed by atoms with Crippen LogP contribution in [0.2, 0.25) is 0 Å². The molecule has 1 heterocycles. The average Bonchev–Trinajstić information content (AvgIpc) is 2.48. The first-order valence-corrected chi connectivity index (χ1v) is 11.6. The van der Waals surface area contributed by atoms with Gasteiger partial charge in [0.2, 0.25) is 0 Å². The molecule has 4 atom stereocenters. The molecule has 4 rings (SSSR count). The van der Waals surface area contributed by atoms with E-state index < -0.39 is 9.84 Å². The van der Waals surface area contributed by atoms with Crippen molar-refractivity contribution in [1.29, 1.82) is 0 Å². The first kappa shape index (κ1) is 18.3. The van der Waals surface area contributed by atoms with Crippen molar-refractivity contribution in [2.45, 2.75) is 77.0 Å². The Balaban J connectivity index is 1.95. The van der Waals surface area contributed by atoms with E-state index in [9.17, 15) is 13.5 Å². The highest BCUT2D eigenvalue weighted by molar-refractivity contribution is 7.91. The minimum atomic E-state index is -3.38. The van der Waals surface area contributed by atoms with Crippen molar-refractivity contribution >= 4 is 9.84 Å². The molecule has 2 saturated carbocycles. The Bertz CT molecular complexity index is 870. The molecule has 26 heavy (non-hydrogen) atoms. The Kier molecular flexibility index (Phi) is 3.72. The number of benzene rings is 1. The van der Waals surface area contributed by atoms with Crippen LogP contribution >= 0.6 is 0 Å². The highest BCUT2D eigenvalue weighted by Crippen LogP contribution is 2.67. The molecule has 0 spiro atoms. The van der Waals surface area contributed by atoms with Gasteiger partial charge in [-0.15, -0.1) is 0 Å². The average molecular weight is 377 g/mol. The molecule has 1 unspecified atom stereocenters. The Morgan fingerprint density at radius 2 is 1.73 bits per heavy atom. The van der Waals surface area contributed by atoms with Crippen LogP contribution in [0, 0.1) is 29.6 Å². The molecule has 4 heteroatoms. The van der Waals surface area contributed by atoms with Gasteiger partial charge in [-0.05, 0) is 73.0 Å². The lowest BCUT2D eigenvalue weighted by atomic mass is 9.43. The molecule has 1 aliphatic heterocycles. The molecule has 0 amide bonds. The van der Waals surface area contributed by atoms with Crippen molar-refractivity contribution in [3.05, 3.63) is 23.3 Å². The molecular formula is C22H32O3S. The largest absolute Gasteiger partial charge is 0.508 e. The second kappa shape index (κ2) is 5.27. The van der Waals surface area contributed by atoms with Crippen LogP contribution in [0.25, 0.3) is 0 Å². The highest BCUT2D eigenvalue weighted by atomic mass is 32.2. The molecule has 3 nitrogen and oxygen atoms in total. The fourth-order valence-electron chi connectivity index (χ4n) is 7.19.